The quantitative estimate of drug-likeness (QED) is 0.626. The monoisotopic (exact) mass is 237 g/mol. The van der Waals surface area contributed by atoms with E-state index in [1.54, 1.807) is 11.6 Å². The molecule has 0 saturated heterocycles. The average molecular weight is 237 g/mol. The predicted octanol–water partition coefficient (Wildman–Crippen LogP) is 3.03. The van der Waals surface area contributed by atoms with E-state index in [0.29, 0.717) is 13.1 Å². The molecule has 4 nitrogen and oxygen atoms in total. The van der Waals surface area contributed by atoms with Crippen molar-refractivity contribution < 1.29 is 14.0 Å². The maximum Gasteiger partial charge on any atom is 0.405 e. The highest BCUT2D eigenvalue weighted by Gasteiger charge is 2.27. The predicted molar refractivity (Wildman–Crippen MR) is 62.8 cm³/mol. The van der Waals surface area contributed by atoms with E-state index in [1.165, 1.54) is 0 Å². The summed E-state index contributed by atoms with van der Waals surface area (Å²) in [5, 5.41) is 0. The van der Waals surface area contributed by atoms with Crippen LogP contribution in [0.15, 0.2) is 0 Å². The van der Waals surface area contributed by atoms with Crippen LogP contribution >= 0.6 is 7.75 Å². The summed E-state index contributed by atoms with van der Waals surface area (Å²) in [5.74, 6) is 0. The fourth-order valence-electron chi connectivity index (χ4n) is 1.30. The lowest BCUT2D eigenvalue weighted by Crippen LogP contribution is -2.24. The molecule has 0 heterocycles. The molecule has 92 valence electrons. The molecule has 0 aliphatic carbocycles. The molecular weight excluding hydrogens is 213 g/mol. The van der Waals surface area contributed by atoms with Crippen molar-refractivity contribution >= 4 is 7.75 Å². The summed E-state index contributed by atoms with van der Waals surface area (Å²) in [6.45, 7) is 7.44. The average Bonchev–Trinajstić information content (AvgIpc) is 2.17. The van der Waals surface area contributed by atoms with Crippen LogP contribution in [-0.2, 0) is 9.09 Å². The van der Waals surface area contributed by atoms with Crippen LogP contribution in [0.1, 0.15) is 46.5 Å². The second kappa shape index (κ2) is 8.28. The third-order valence-corrected chi connectivity index (χ3v) is 3.90. The van der Waals surface area contributed by atoms with E-state index >= 15 is 0 Å². The summed E-state index contributed by atoms with van der Waals surface area (Å²) in [6.07, 6.45) is 3.91. The van der Waals surface area contributed by atoms with Gasteiger partial charge in [-0.3, -0.25) is 4.52 Å². The summed E-state index contributed by atoms with van der Waals surface area (Å²) < 4.78 is 18.3. The van der Waals surface area contributed by atoms with Crippen LogP contribution in [-0.4, -0.2) is 29.3 Å². The zero-order valence-corrected chi connectivity index (χ0v) is 11.0. The molecule has 0 aliphatic heterocycles. The highest BCUT2D eigenvalue weighted by Crippen LogP contribution is 2.46. The SMILES string of the molecule is CCCCN(CCCC)P(=O)(O)OCC. The van der Waals surface area contributed by atoms with Crippen molar-refractivity contribution in [3.63, 3.8) is 0 Å². The lowest BCUT2D eigenvalue weighted by Gasteiger charge is -2.25. The smallest absolute Gasteiger partial charge is 0.312 e. The fraction of sp³-hybridized carbons (Fsp3) is 1.00. The zero-order chi connectivity index (χ0) is 11.7. The Morgan fingerprint density at radius 3 is 1.93 bits per heavy atom. The Morgan fingerprint density at radius 1 is 1.13 bits per heavy atom. The molecule has 15 heavy (non-hydrogen) atoms. The van der Waals surface area contributed by atoms with Crippen molar-refractivity contribution in [2.75, 3.05) is 19.7 Å². The Morgan fingerprint density at radius 2 is 1.60 bits per heavy atom. The molecule has 0 fully saturated rings. The molecule has 0 amide bonds. The summed E-state index contributed by atoms with van der Waals surface area (Å²) in [7, 11) is -3.53. The number of nitrogens with zero attached hydrogens (tertiary/aromatic N) is 1. The van der Waals surface area contributed by atoms with Crippen LogP contribution in [0, 0.1) is 0 Å². The van der Waals surface area contributed by atoms with E-state index in [4.69, 9.17) is 4.52 Å². The summed E-state index contributed by atoms with van der Waals surface area (Å²) in [5.41, 5.74) is 0. The van der Waals surface area contributed by atoms with E-state index in [9.17, 15) is 9.46 Å². The third-order valence-electron chi connectivity index (χ3n) is 2.19. The molecule has 1 unspecified atom stereocenters. The molecule has 0 saturated carbocycles. The second-order valence-electron chi connectivity index (χ2n) is 3.57. The minimum Gasteiger partial charge on any atom is -0.312 e. The lowest BCUT2D eigenvalue weighted by molar-refractivity contribution is 0.207. The van der Waals surface area contributed by atoms with E-state index < -0.39 is 7.75 Å². The van der Waals surface area contributed by atoms with Crippen LogP contribution in [0.3, 0.4) is 0 Å². The Balaban J connectivity index is 4.24. The van der Waals surface area contributed by atoms with E-state index in [1.807, 2.05) is 0 Å². The van der Waals surface area contributed by atoms with Gasteiger partial charge in [-0.05, 0) is 19.8 Å². The van der Waals surface area contributed by atoms with Gasteiger partial charge in [0.2, 0.25) is 0 Å². The molecular formula is C10H24NO3P. The largest absolute Gasteiger partial charge is 0.405 e. The van der Waals surface area contributed by atoms with Crippen molar-refractivity contribution in [3.05, 3.63) is 0 Å². The summed E-state index contributed by atoms with van der Waals surface area (Å²) >= 11 is 0. The molecule has 1 atom stereocenters. The van der Waals surface area contributed by atoms with Gasteiger partial charge in [0.15, 0.2) is 0 Å². The first-order valence-electron chi connectivity index (χ1n) is 5.81. The normalized spacial score (nSPS) is 15.5. The van der Waals surface area contributed by atoms with Gasteiger partial charge < -0.3 is 4.89 Å². The van der Waals surface area contributed by atoms with E-state index in [0.717, 1.165) is 25.7 Å². The van der Waals surface area contributed by atoms with Crippen molar-refractivity contribution in [1.29, 1.82) is 0 Å². The summed E-state index contributed by atoms with van der Waals surface area (Å²) in [6, 6.07) is 0. The van der Waals surface area contributed by atoms with Gasteiger partial charge in [-0.2, -0.15) is 0 Å². The van der Waals surface area contributed by atoms with Crippen molar-refractivity contribution in [3.8, 4) is 0 Å². The van der Waals surface area contributed by atoms with Gasteiger partial charge in [0.25, 0.3) is 0 Å². The Kier molecular flexibility index (Phi) is 8.34. The first-order valence-corrected chi connectivity index (χ1v) is 7.34. The maximum absolute atomic E-state index is 11.8. The fourth-order valence-corrected chi connectivity index (χ4v) is 2.58. The topological polar surface area (TPSA) is 49.8 Å². The van der Waals surface area contributed by atoms with Gasteiger partial charge in [0, 0.05) is 13.1 Å². The first kappa shape index (κ1) is 15.1. The van der Waals surface area contributed by atoms with Crippen LogP contribution < -0.4 is 0 Å². The highest BCUT2D eigenvalue weighted by atomic mass is 31.2. The van der Waals surface area contributed by atoms with Crippen LogP contribution in [0.25, 0.3) is 0 Å². The molecule has 0 rings (SSSR count). The van der Waals surface area contributed by atoms with Gasteiger partial charge in [-0.15, -0.1) is 0 Å². The number of hydrogen-bond acceptors (Lipinski definition) is 2. The molecule has 0 aromatic rings. The van der Waals surface area contributed by atoms with Gasteiger partial charge in [0.1, 0.15) is 0 Å². The molecule has 5 heteroatoms. The number of hydrogen-bond donors (Lipinski definition) is 1. The highest BCUT2D eigenvalue weighted by molar-refractivity contribution is 7.50. The Labute approximate surface area is 93.2 Å². The number of rotatable bonds is 9. The molecule has 0 spiro atoms. The van der Waals surface area contributed by atoms with Crippen molar-refractivity contribution in [1.82, 2.24) is 4.67 Å². The van der Waals surface area contributed by atoms with Crippen LogP contribution in [0.5, 0.6) is 0 Å². The standard InChI is InChI=1S/C10H24NO3P/c1-4-7-9-11(10-8-5-2)15(12,13)14-6-3/h4-10H2,1-3H3,(H,12,13). The molecule has 1 N–H and O–H groups in total. The molecule has 0 aromatic carbocycles. The second-order valence-corrected chi connectivity index (χ2v) is 5.37. The van der Waals surface area contributed by atoms with Crippen molar-refractivity contribution in [2.24, 2.45) is 0 Å². The molecule has 0 aromatic heterocycles. The minimum absolute atomic E-state index is 0.280. The van der Waals surface area contributed by atoms with Crippen molar-refractivity contribution in [2.45, 2.75) is 46.5 Å². The molecule has 0 bridgehead atoms. The van der Waals surface area contributed by atoms with Gasteiger partial charge >= 0.3 is 7.75 Å². The van der Waals surface area contributed by atoms with Gasteiger partial charge in [-0.1, -0.05) is 26.7 Å². The number of unbranched alkanes of at least 4 members (excludes halogenated alkanes) is 2. The van der Waals surface area contributed by atoms with Crippen LogP contribution in [0.4, 0.5) is 0 Å². The summed E-state index contributed by atoms with van der Waals surface area (Å²) in [4.78, 5) is 9.69. The maximum atomic E-state index is 11.8. The third kappa shape index (κ3) is 6.31. The van der Waals surface area contributed by atoms with Gasteiger partial charge in [0.05, 0.1) is 6.61 Å². The van der Waals surface area contributed by atoms with E-state index in [2.05, 4.69) is 13.8 Å². The van der Waals surface area contributed by atoms with Gasteiger partial charge in [-0.25, -0.2) is 9.24 Å². The lowest BCUT2D eigenvalue weighted by atomic mass is 10.3. The van der Waals surface area contributed by atoms with Crippen LogP contribution in [0.2, 0.25) is 0 Å². The first-order chi connectivity index (χ1) is 7.08. The Bertz CT molecular complexity index is 191. The molecule has 0 aliphatic rings. The van der Waals surface area contributed by atoms with E-state index in [-0.39, 0.29) is 6.61 Å². The molecule has 0 radical (unpaired) electrons. The Hall–Kier alpha value is 0.110. The minimum atomic E-state index is -3.53. The zero-order valence-electron chi connectivity index (χ0n) is 10.1.